The van der Waals surface area contributed by atoms with Crippen LogP contribution in [0, 0.1) is 0 Å². The molecule has 11 heavy (non-hydrogen) atoms. The Hall–Kier alpha value is -0.770. The third-order valence-electron chi connectivity index (χ3n) is 1.40. The first-order chi connectivity index (χ1) is 5.25. The molecule has 0 spiro atoms. The van der Waals surface area contributed by atoms with Crippen molar-refractivity contribution in [1.82, 2.24) is 4.90 Å². The van der Waals surface area contributed by atoms with E-state index >= 15 is 0 Å². The van der Waals surface area contributed by atoms with E-state index in [1.54, 1.807) is 6.08 Å². The Kier molecular flexibility index (Phi) is 2.70. The largest absolute Gasteiger partial charge is 0.288 e. The molecule has 1 aliphatic heterocycles. The van der Waals surface area contributed by atoms with Crippen molar-refractivity contribution < 1.29 is 9.59 Å². The number of amides is 2. The molecule has 1 saturated heterocycles. The monoisotopic (exact) mass is 171 g/mol. The van der Waals surface area contributed by atoms with Gasteiger partial charge in [-0.05, 0) is 6.42 Å². The lowest BCUT2D eigenvalue weighted by Crippen LogP contribution is -2.29. The number of hydrogen-bond acceptors (Lipinski definition) is 3. The minimum atomic E-state index is -0.128. The molecule has 0 unspecified atom stereocenters. The molecule has 0 N–H and O–H groups in total. The van der Waals surface area contributed by atoms with Crippen LogP contribution in [-0.4, -0.2) is 28.3 Å². The maximum Gasteiger partial charge on any atom is 0.288 e. The van der Waals surface area contributed by atoms with E-state index in [0.29, 0.717) is 18.7 Å². The van der Waals surface area contributed by atoms with Crippen LogP contribution in [-0.2, 0) is 4.79 Å². The van der Waals surface area contributed by atoms with Gasteiger partial charge in [0.15, 0.2) is 0 Å². The number of rotatable bonds is 3. The molecule has 60 valence electrons. The Morgan fingerprint density at radius 3 is 2.82 bits per heavy atom. The van der Waals surface area contributed by atoms with E-state index in [9.17, 15) is 9.59 Å². The molecule has 0 bridgehead atoms. The van der Waals surface area contributed by atoms with Gasteiger partial charge in [-0.3, -0.25) is 14.5 Å². The van der Waals surface area contributed by atoms with E-state index in [1.807, 2.05) is 0 Å². The van der Waals surface area contributed by atoms with E-state index in [4.69, 9.17) is 0 Å². The van der Waals surface area contributed by atoms with Gasteiger partial charge in [-0.1, -0.05) is 17.8 Å². The normalized spacial score (nSPS) is 17.6. The number of carbonyl (C=O) groups excluding carboxylic acids is 2. The topological polar surface area (TPSA) is 37.4 Å². The van der Waals surface area contributed by atoms with E-state index in [0.717, 1.165) is 11.8 Å². The van der Waals surface area contributed by atoms with Crippen LogP contribution >= 0.6 is 11.8 Å². The van der Waals surface area contributed by atoms with Gasteiger partial charge in [-0.25, -0.2) is 0 Å². The highest BCUT2D eigenvalue weighted by atomic mass is 32.2. The van der Waals surface area contributed by atoms with Crippen LogP contribution in [0.3, 0.4) is 0 Å². The average molecular weight is 171 g/mol. The standard InChI is InChI=1S/C7H9NO2S/c1-2-3-4-8-6(9)5-11-7(8)10/h2H,1,3-5H2. The summed E-state index contributed by atoms with van der Waals surface area (Å²) in [5, 5.41) is -0.128. The SMILES string of the molecule is C=CCCN1C(=O)CSC1=O. The molecule has 1 aliphatic rings. The first kappa shape index (κ1) is 8.33. The van der Waals surface area contributed by atoms with Crippen LogP contribution in [0.2, 0.25) is 0 Å². The predicted octanol–water partition coefficient (Wildman–Crippen LogP) is 1.26. The first-order valence-corrected chi connectivity index (χ1v) is 4.32. The Labute approximate surface area is 69.4 Å². The van der Waals surface area contributed by atoms with Crippen molar-refractivity contribution in [2.75, 3.05) is 12.3 Å². The molecule has 0 aromatic carbocycles. The molecule has 2 amide bonds. The highest BCUT2D eigenvalue weighted by Gasteiger charge is 2.28. The molecule has 0 aliphatic carbocycles. The van der Waals surface area contributed by atoms with Crippen molar-refractivity contribution in [3.63, 3.8) is 0 Å². The van der Waals surface area contributed by atoms with Gasteiger partial charge >= 0.3 is 0 Å². The molecule has 1 heterocycles. The summed E-state index contributed by atoms with van der Waals surface area (Å²) < 4.78 is 0. The van der Waals surface area contributed by atoms with Crippen molar-refractivity contribution >= 4 is 22.9 Å². The second-order valence-corrected chi connectivity index (χ2v) is 3.10. The fourth-order valence-electron chi connectivity index (χ4n) is 0.818. The third-order valence-corrected chi connectivity index (χ3v) is 2.26. The van der Waals surface area contributed by atoms with Gasteiger partial charge in [-0.2, -0.15) is 0 Å². The van der Waals surface area contributed by atoms with Gasteiger partial charge in [0.2, 0.25) is 5.91 Å². The second-order valence-electron chi connectivity index (χ2n) is 2.18. The lowest BCUT2D eigenvalue weighted by atomic mass is 10.4. The third kappa shape index (κ3) is 1.83. The quantitative estimate of drug-likeness (QED) is 0.600. The number of imide groups is 1. The Morgan fingerprint density at radius 2 is 2.36 bits per heavy atom. The highest BCUT2D eigenvalue weighted by molar-refractivity contribution is 8.14. The molecule has 3 nitrogen and oxygen atoms in total. The van der Waals surface area contributed by atoms with Gasteiger partial charge in [0.1, 0.15) is 0 Å². The number of nitrogens with zero attached hydrogens (tertiary/aromatic N) is 1. The van der Waals surface area contributed by atoms with Crippen LogP contribution in [0.5, 0.6) is 0 Å². The molecule has 1 rings (SSSR count). The Bertz CT molecular complexity index is 187. The summed E-state index contributed by atoms with van der Waals surface area (Å²) in [5.41, 5.74) is 0. The van der Waals surface area contributed by atoms with Crippen LogP contribution in [0.15, 0.2) is 12.7 Å². The number of hydrogen-bond donors (Lipinski definition) is 0. The molecule has 1 fully saturated rings. The summed E-state index contributed by atoms with van der Waals surface area (Å²) in [5.74, 6) is 0.220. The van der Waals surface area contributed by atoms with Crippen molar-refractivity contribution in [2.24, 2.45) is 0 Å². The van der Waals surface area contributed by atoms with Crippen LogP contribution in [0.4, 0.5) is 4.79 Å². The summed E-state index contributed by atoms with van der Waals surface area (Å²) in [7, 11) is 0. The zero-order valence-corrected chi connectivity index (χ0v) is 6.89. The van der Waals surface area contributed by atoms with E-state index < -0.39 is 0 Å². The Balaban J connectivity index is 2.47. The molecular weight excluding hydrogens is 162 g/mol. The van der Waals surface area contributed by atoms with Crippen molar-refractivity contribution in [2.45, 2.75) is 6.42 Å². The lowest BCUT2D eigenvalue weighted by molar-refractivity contribution is -0.124. The maximum absolute atomic E-state index is 10.9. The van der Waals surface area contributed by atoms with Crippen LogP contribution in [0.25, 0.3) is 0 Å². The second kappa shape index (κ2) is 3.57. The Morgan fingerprint density at radius 1 is 1.64 bits per heavy atom. The molecule has 0 saturated carbocycles. The van der Waals surface area contributed by atoms with Gasteiger partial charge < -0.3 is 0 Å². The van der Waals surface area contributed by atoms with E-state index in [2.05, 4.69) is 6.58 Å². The summed E-state index contributed by atoms with van der Waals surface area (Å²) in [6, 6.07) is 0. The van der Waals surface area contributed by atoms with Crippen molar-refractivity contribution in [1.29, 1.82) is 0 Å². The summed E-state index contributed by atoms with van der Waals surface area (Å²) >= 11 is 1.07. The molecule has 0 atom stereocenters. The lowest BCUT2D eigenvalue weighted by Gasteiger charge is -2.09. The molecule has 0 aromatic heterocycles. The van der Waals surface area contributed by atoms with Crippen LogP contribution in [0.1, 0.15) is 6.42 Å². The van der Waals surface area contributed by atoms with E-state index in [1.165, 1.54) is 4.90 Å². The molecule has 4 heteroatoms. The van der Waals surface area contributed by atoms with Gasteiger partial charge in [-0.15, -0.1) is 6.58 Å². The fourth-order valence-corrected chi connectivity index (χ4v) is 1.57. The predicted molar refractivity (Wildman–Crippen MR) is 44.4 cm³/mol. The van der Waals surface area contributed by atoms with Crippen LogP contribution < -0.4 is 0 Å². The summed E-state index contributed by atoms with van der Waals surface area (Å²) in [4.78, 5) is 23.1. The first-order valence-electron chi connectivity index (χ1n) is 3.33. The van der Waals surface area contributed by atoms with Gasteiger partial charge in [0, 0.05) is 6.54 Å². The number of carbonyl (C=O) groups is 2. The molecule has 0 radical (unpaired) electrons. The minimum absolute atomic E-state index is 0.0816. The zero-order chi connectivity index (χ0) is 8.27. The highest BCUT2D eigenvalue weighted by Crippen LogP contribution is 2.18. The minimum Gasteiger partial charge on any atom is -0.273 e. The average Bonchev–Trinajstić information content (AvgIpc) is 2.29. The number of thioether (sulfide) groups is 1. The summed E-state index contributed by atoms with van der Waals surface area (Å²) in [6.45, 7) is 4.00. The van der Waals surface area contributed by atoms with Gasteiger partial charge in [0.25, 0.3) is 5.24 Å². The van der Waals surface area contributed by atoms with E-state index in [-0.39, 0.29) is 11.1 Å². The maximum atomic E-state index is 10.9. The smallest absolute Gasteiger partial charge is 0.273 e. The molecular formula is C7H9NO2S. The van der Waals surface area contributed by atoms with Gasteiger partial charge in [0.05, 0.1) is 5.75 Å². The molecule has 0 aromatic rings. The van der Waals surface area contributed by atoms with Crippen molar-refractivity contribution in [3.8, 4) is 0 Å². The zero-order valence-electron chi connectivity index (χ0n) is 6.08. The van der Waals surface area contributed by atoms with Crippen molar-refractivity contribution in [3.05, 3.63) is 12.7 Å². The fraction of sp³-hybridized carbons (Fsp3) is 0.429. The summed E-state index contributed by atoms with van der Waals surface area (Å²) in [6.07, 6.45) is 2.38.